The predicted octanol–water partition coefficient (Wildman–Crippen LogP) is 4.53. The molecule has 2 amide bonds. The predicted molar refractivity (Wildman–Crippen MR) is 158 cm³/mol. The van der Waals surface area contributed by atoms with Crippen LogP contribution >= 0.6 is 0 Å². The monoisotopic (exact) mass is 580 g/mol. The van der Waals surface area contributed by atoms with Crippen LogP contribution in [-0.4, -0.2) is 63.5 Å². The van der Waals surface area contributed by atoms with Crippen LogP contribution in [0.25, 0.3) is 11.0 Å². The molecule has 0 radical (unpaired) electrons. The van der Waals surface area contributed by atoms with E-state index >= 15 is 0 Å². The van der Waals surface area contributed by atoms with Crippen molar-refractivity contribution >= 4 is 28.8 Å². The van der Waals surface area contributed by atoms with Crippen molar-refractivity contribution in [2.24, 2.45) is 17.8 Å². The molecule has 5 rings (SSSR count). The number of aromatic nitrogens is 2. The van der Waals surface area contributed by atoms with Crippen LogP contribution in [0.4, 0.5) is 4.79 Å². The van der Waals surface area contributed by atoms with Crippen molar-refractivity contribution in [2.75, 3.05) is 13.1 Å². The number of H-pyrrole nitrogens is 1. The highest BCUT2D eigenvalue weighted by molar-refractivity contribution is 5.92. The van der Waals surface area contributed by atoms with Crippen molar-refractivity contribution in [3.05, 3.63) is 34.2 Å². The molecule has 2 heterocycles. The maximum Gasteiger partial charge on any atom is 0.408 e. The van der Waals surface area contributed by atoms with Gasteiger partial charge in [-0.15, -0.1) is 0 Å². The number of amides is 2. The van der Waals surface area contributed by atoms with E-state index in [-0.39, 0.29) is 41.5 Å². The Labute approximate surface area is 246 Å². The fraction of sp³-hybridized carbons (Fsp3) is 0.656. The summed E-state index contributed by atoms with van der Waals surface area (Å²) in [5, 5.41) is 2.60. The van der Waals surface area contributed by atoms with Gasteiger partial charge in [-0.05, 0) is 69.9 Å². The summed E-state index contributed by atoms with van der Waals surface area (Å²) in [6.07, 6.45) is 7.75. The molecule has 0 spiro atoms. The molecule has 1 aliphatic heterocycles. The number of likely N-dealkylation sites (tertiary alicyclic amines) is 1. The Morgan fingerprint density at radius 1 is 1.17 bits per heavy atom. The molecule has 2 aliphatic carbocycles. The molecule has 1 unspecified atom stereocenters. The van der Waals surface area contributed by atoms with Crippen molar-refractivity contribution in [3.63, 3.8) is 0 Å². The van der Waals surface area contributed by atoms with Crippen LogP contribution in [0.3, 0.4) is 0 Å². The minimum atomic E-state index is -0.597. The number of hydrogen-bond donors (Lipinski definition) is 2. The quantitative estimate of drug-likeness (QED) is 0.333. The van der Waals surface area contributed by atoms with Gasteiger partial charge in [-0.25, -0.2) is 9.78 Å². The Bertz CT molecular complexity index is 1380. The van der Waals surface area contributed by atoms with E-state index in [0.717, 1.165) is 62.6 Å². The van der Waals surface area contributed by atoms with Gasteiger partial charge >= 0.3 is 6.09 Å². The Morgan fingerprint density at radius 2 is 1.95 bits per heavy atom. The van der Waals surface area contributed by atoms with Gasteiger partial charge in [0.05, 0.1) is 23.2 Å². The molecule has 3 fully saturated rings. The first-order chi connectivity index (χ1) is 20.0. The van der Waals surface area contributed by atoms with Crippen LogP contribution in [0, 0.1) is 17.8 Å². The molecule has 0 bridgehead atoms. The molecule has 42 heavy (non-hydrogen) atoms. The lowest BCUT2D eigenvalue weighted by Gasteiger charge is -2.27. The Morgan fingerprint density at radius 3 is 2.69 bits per heavy atom. The van der Waals surface area contributed by atoms with Gasteiger partial charge in [0.1, 0.15) is 23.6 Å². The number of benzene rings is 1. The average molecular weight is 581 g/mol. The van der Waals surface area contributed by atoms with Gasteiger partial charge in [0, 0.05) is 24.4 Å². The topological polar surface area (TPSA) is 131 Å². The second-order valence-electron chi connectivity index (χ2n) is 12.9. The second-order valence-corrected chi connectivity index (χ2v) is 12.9. The van der Waals surface area contributed by atoms with E-state index in [2.05, 4.69) is 15.3 Å². The summed E-state index contributed by atoms with van der Waals surface area (Å²) in [6, 6.07) is 5.22. The number of nitrogens with zero attached hydrogens (tertiary/aromatic N) is 2. The first-order valence-corrected chi connectivity index (χ1v) is 15.5. The van der Waals surface area contributed by atoms with Crippen molar-refractivity contribution in [1.29, 1.82) is 0 Å². The van der Waals surface area contributed by atoms with Crippen LogP contribution in [0.1, 0.15) is 84.8 Å². The van der Waals surface area contributed by atoms with Gasteiger partial charge in [0.15, 0.2) is 5.78 Å². The summed E-state index contributed by atoms with van der Waals surface area (Å²) in [7, 11) is 0. The summed E-state index contributed by atoms with van der Waals surface area (Å²) in [5.41, 5.74) is 1.33. The number of carbonyl (C=O) groups excluding carboxylic acids is 3. The second kappa shape index (κ2) is 12.4. The zero-order valence-corrected chi connectivity index (χ0v) is 25.2. The summed E-state index contributed by atoms with van der Waals surface area (Å²) in [5.74, 6) is 0.834. The van der Waals surface area contributed by atoms with Crippen molar-refractivity contribution in [3.8, 4) is 5.75 Å². The fourth-order valence-electron chi connectivity index (χ4n) is 6.05. The first-order valence-electron chi connectivity index (χ1n) is 15.5. The summed E-state index contributed by atoms with van der Waals surface area (Å²) >= 11 is 0. The van der Waals surface area contributed by atoms with Gasteiger partial charge in [-0.2, -0.15) is 0 Å². The lowest BCUT2D eigenvalue weighted by Crippen LogP contribution is -2.48. The standard InChI is InChI=1S/C32H44N4O6/c1-19(2)29(38)28-20(3)14-15-36(28)27(37)18-33-31(40)42-32(4)17-21(32)8-6-5-7-9-25-30(39)35-26-16-23(41-22-10-11-22)12-13-24(26)34-25/h12-13,16,19-22,28H,5-11,14-15,17-18H2,1-4H3,(H,33,40)(H,35,39)/t20-,21-,28+,32?/m1/s1. The lowest BCUT2D eigenvalue weighted by atomic mass is 9.92. The SMILES string of the molecule is CC(C)C(=O)[C@@H]1[C@H](C)CCN1C(=O)CNC(=O)OC1(C)C[C@H]1CCCCCc1nc2ccc(OC3CC3)cc2[nH]c1=O. The van der Waals surface area contributed by atoms with Gasteiger partial charge in [0.25, 0.3) is 5.56 Å². The molecule has 4 atom stereocenters. The van der Waals surface area contributed by atoms with E-state index in [1.165, 1.54) is 0 Å². The van der Waals surface area contributed by atoms with Gasteiger partial charge in [0.2, 0.25) is 5.91 Å². The number of ketones is 1. The van der Waals surface area contributed by atoms with Crippen LogP contribution in [0.15, 0.2) is 23.0 Å². The number of unbranched alkanes of at least 4 members (excludes halogenated alkanes) is 2. The zero-order chi connectivity index (χ0) is 30.0. The maximum atomic E-state index is 12.8. The van der Waals surface area contributed by atoms with E-state index in [9.17, 15) is 19.2 Å². The molecule has 10 nitrogen and oxygen atoms in total. The molecule has 2 saturated carbocycles. The molecule has 10 heteroatoms. The normalized spacial score (nSPS) is 25.1. The van der Waals surface area contributed by atoms with Gasteiger partial charge in [-0.3, -0.25) is 14.4 Å². The molecule has 1 aromatic heterocycles. The zero-order valence-electron chi connectivity index (χ0n) is 25.2. The summed E-state index contributed by atoms with van der Waals surface area (Å²) in [6.45, 7) is 7.98. The number of aromatic amines is 1. The van der Waals surface area contributed by atoms with Crippen molar-refractivity contribution in [1.82, 2.24) is 20.2 Å². The Balaban J connectivity index is 0.998. The number of fused-ring (bicyclic) bond motifs is 1. The summed E-state index contributed by atoms with van der Waals surface area (Å²) in [4.78, 5) is 59.6. The van der Waals surface area contributed by atoms with Crippen molar-refractivity contribution in [2.45, 2.75) is 103 Å². The number of ether oxygens (including phenoxy) is 2. The highest BCUT2D eigenvalue weighted by Crippen LogP contribution is 2.49. The van der Waals surface area contributed by atoms with E-state index in [0.29, 0.717) is 30.3 Å². The summed E-state index contributed by atoms with van der Waals surface area (Å²) < 4.78 is 11.5. The van der Waals surface area contributed by atoms with Crippen LogP contribution < -0.4 is 15.6 Å². The number of hydrogen-bond acceptors (Lipinski definition) is 7. The lowest BCUT2D eigenvalue weighted by molar-refractivity contribution is -0.138. The van der Waals surface area contributed by atoms with E-state index in [4.69, 9.17) is 9.47 Å². The number of rotatable bonds is 13. The first kappa shape index (κ1) is 30.0. The minimum absolute atomic E-state index is 0.0672. The molecule has 228 valence electrons. The smallest absolute Gasteiger partial charge is 0.408 e. The molecule has 2 aromatic rings. The number of alkyl carbamates (subject to hydrolysis) is 1. The molecule has 1 aromatic carbocycles. The van der Waals surface area contributed by atoms with Crippen molar-refractivity contribution < 1.29 is 23.9 Å². The van der Waals surface area contributed by atoms with E-state index in [1.807, 2.05) is 45.9 Å². The molecule has 1 saturated heterocycles. The third-order valence-corrected chi connectivity index (χ3v) is 8.97. The number of nitrogens with one attached hydrogen (secondary N) is 2. The number of Topliss-reactive ketones (excluding diaryl/α,β-unsaturated/α-hetero) is 1. The molecular weight excluding hydrogens is 536 g/mol. The number of aryl methyl sites for hydroxylation is 1. The van der Waals surface area contributed by atoms with Gasteiger partial charge in [-0.1, -0.05) is 33.6 Å². The Kier molecular flexibility index (Phi) is 8.89. The fourth-order valence-corrected chi connectivity index (χ4v) is 6.05. The molecular formula is C32H44N4O6. The third kappa shape index (κ3) is 7.13. The highest BCUT2D eigenvalue weighted by Gasteiger charge is 2.53. The minimum Gasteiger partial charge on any atom is -0.490 e. The molecule has 2 N–H and O–H groups in total. The van der Waals surface area contributed by atoms with E-state index < -0.39 is 17.7 Å². The maximum absolute atomic E-state index is 12.8. The van der Waals surface area contributed by atoms with Crippen LogP contribution in [0.2, 0.25) is 0 Å². The van der Waals surface area contributed by atoms with Gasteiger partial charge < -0.3 is 24.7 Å². The Hall–Kier alpha value is -3.43. The van der Waals surface area contributed by atoms with Crippen LogP contribution in [0.5, 0.6) is 5.75 Å². The van der Waals surface area contributed by atoms with Crippen LogP contribution in [-0.2, 0) is 20.7 Å². The highest BCUT2D eigenvalue weighted by atomic mass is 16.6. The largest absolute Gasteiger partial charge is 0.490 e. The number of carbonyl (C=O) groups is 3. The molecule has 3 aliphatic rings. The average Bonchev–Trinajstić information content (AvgIpc) is 3.84. The van der Waals surface area contributed by atoms with E-state index in [1.54, 1.807) is 4.90 Å². The third-order valence-electron chi connectivity index (χ3n) is 8.97.